The average Bonchev–Trinajstić information content (AvgIpc) is 2.29. The van der Waals surface area contributed by atoms with Gasteiger partial charge in [-0.1, -0.05) is 26.7 Å². The molecule has 0 radical (unpaired) electrons. The molecule has 2 aliphatic rings. The Morgan fingerprint density at radius 3 is 2.47 bits per heavy atom. The molecule has 0 bridgehead atoms. The molecule has 0 aromatic rings. The largest absolute Gasteiger partial charge is 0.198 e. The summed E-state index contributed by atoms with van der Waals surface area (Å²) in [5.74, 6) is 2.06. The zero-order chi connectivity index (χ0) is 12.3. The van der Waals surface area contributed by atoms with E-state index in [9.17, 15) is 5.26 Å². The molecular weight excluding hydrogens is 226 g/mol. The summed E-state index contributed by atoms with van der Waals surface area (Å²) in [6.45, 7) is 4.74. The van der Waals surface area contributed by atoms with E-state index in [2.05, 4.69) is 31.7 Å². The van der Waals surface area contributed by atoms with Gasteiger partial charge in [0.25, 0.3) is 0 Å². The highest BCUT2D eigenvalue weighted by Gasteiger charge is 2.32. The van der Waals surface area contributed by atoms with Crippen LogP contribution in [0.1, 0.15) is 58.8 Å². The van der Waals surface area contributed by atoms with Gasteiger partial charge in [-0.3, -0.25) is 0 Å². The van der Waals surface area contributed by atoms with E-state index < -0.39 is 0 Å². The maximum atomic E-state index is 9.27. The maximum Gasteiger partial charge on any atom is 0.0667 e. The van der Waals surface area contributed by atoms with Crippen LogP contribution in [0.4, 0.5) is 0 Å². The monoisotopic (exact) mass is 251 g/mol. The minimum absolute atomic E-state index is 0.327. The molecule has 2 heteroatoms. The predicted octanol–water partition coefficient (Wildman–Crippen LogP) is 4.63. The molecule has 0 heterocycles. The van der Waals surface area contributed by atoms with Gasteiger partial charge in [0.05, 0.1) is 12.0 Å². The Labute approximate surface area is 110 Å². The third kappa shape index (κ3) is 3.65. The van der Waals surface area contributed by atoms with Crippen molar-refractivity contribution in [3.63, 3.8) is 0 Å². The minimum atomic E-state index is 0.327. The Morgan fingerprint density at radius 2 is 1.76 bits per heavy atom. The molecule has 1 nitrogen and oxygen atoms in total. The van der Waals surface area contributed by atoms with Crippen molar-refractivity contribution in [2.24, 2.45) is 17.8 Å². The molecule has 2 aliphatic carbocycles. The molecule has 96 valence electrons. The predicted molar refractivity (Wildman–Crippen MR) is 74.9 cm³/mol. The zero-order valence-electron chi connectivity index (χ0n) is 11.2. The quantitative estimate of drug-likeness (QED) is 0.714. The molecule has 2 rings (SSSR count). The van der Waals surface area contributed by atoms with Crippen LogP contribution < -0.4 is 0 Å². The summed E-state index contributed by atoms with van der Waals surface area (Å²) in [5, 5.41) is 10.7. The normalized spacial score (nSPS) is 43.0. The molecule has 5 atom stereocenters. The molecule has 2 fully saturated rings. The van der Waals surface area contributed by atoms with Crippen molar-refractivity contribution in [1.82, 2.24) is 0 Å². The third-order valence-electron chi connectivity index (χ3n) is 4.48. The molecule has 0 amide bonds. The number of hydrogen-bond acceptors (Lipinski definition) is 2. The van der Waals surface area contributed by atoms with Gasteiger partial charge < -0.3 is 0 Å². The topological polar surface area (TPSA) is 23.8 Å². The maximum absolute atomic E-state index is 9.27. The minimum Gasteiger partial charge on any atom is -0.198 e. The third-order valence-corrected chi connectivity index (χ3v) is 6.16. The highest BCUT2D eigenvalue weighted by molar-refractivity contribution is 8.00. The van der Waals surface area contributed by atoms with Crippen molar-refractivity contribution in [2.45, 2.75) is 69.3 Å². The first kappa shape index (κ1) is 13.3. The van der Waals surface area contributed by atoms with Crippen LogP contribution in [0.15, 0.2) is 0 Å². The highest BCUT2D eigenvalue weighted by Crippen LogP contribution is 2.42. The van der Waals surface area contributed by atoms with Gasteiger partial charge >= 0.3 is 0 Å². The van der Waals surface area contributed by atoms with Gasteiger partial charge in [0, 0.05) is 10.5 Å². The molecule has 0 spiro atoms. The average molecular weight is 251 g/mol. The van der Waals surface area contributed by atoms with E-state index >= 15 is 0 Å². The Hall–Kier alpha value is -0.160. The molecule has 2 saturated carbocycles. The van der Waals surface area contributed by atoms with E-state index in [4.69, 9.17) is 0 Å². The summed E-state index contributed by atoms with van der Waals surface area (Å²) >= 11 is 2.16. The Balaban J connectivity index is 1.89. The fourth-order valence-corrected chi connectivity index (χ4v) is 5.44. The molecule has 0 aromatic heterocycles. The molecule has 17 heavy (non-hydrogen) atoms. The second-order valence-electron chi connectivity index (χ2n) is 6.22. The van der Waals surface area contributed by atoms with Crippen molar-refractivity contribution < 1.29 is 0 Å². The van der Waals surface area contributed by atoms with E-state index in [1.54, 1.807) is 0 Å². The standard InChI is InChI=1S/C15H25NS/c1-11-4-3-5-14(8-11)17-15-9-12(2)6-7-13(15)10-16/h11-15H,3-9H2,1-2H3. The van der Waals surface area contributed by atoms with Crippen LogP contribution in [0.2, 0.25) is 0 Å². The van der Waals surface area contributed by atoms with Crippen molar-refractivity contribution in [3.05, 3.63) is 0 Å². The van der Waals surface area contributed by atoms with E-state index in [0.29, 0.717) is 11.2 Å². The Morgan fingerprint density at radius 1 is 1.00 bits per heavy atom. The van der Waals surface area contributed by atoms with Crippen LogP contribution in [0.5, 0.6) is 0 Å². The SMILES string of the molecule is CC1CCCC(SC2CC(C)CCC2C#N)C1. The van der Waals surface area contributed by atoms with Crippen LogP contribution in [0, 0.1) is 29.1 Å². The first-order valence-electron chi connectivity index (χ1n) is 7.24. The first-order valence-corrected chi connectivity index (χ1v) is 8.18. The van der Waals surface area contributed by atoms with E-state index in [1.165, 1.54) is 38.5 Å². The summed E-state index contributed by atoms with van der Waals surface area (Å²) in [5.41, 5.74) is 0. The van der Waals surface area contributed by atoms with Gasteiger partial charge in [0.1, 0.15) is 0 Å². The smallest absolute Gasteiger partial charge is 0.0667 e. The second-order valence-corrected chi connectivity index (χ2v) is 7.77. The molecule has 0 saturated heterocycles. The summed E-state index contributed by atoms with van der Waals surface area (Å²) < 4.78 is 0. The summed E-state index contributed by atoms with van der Waals surface area (Å²) in [7, 11) is 0. The van der Waals surface area contributed by atoms with Gasteiger partial charge in [-0.05, 0) is 43.9 Å². The summed E-state index contributed by atoms with van der Waals surface area (Å²) in [6.07, 6.45) is 9.26. The number of thioether (sulfide) groups is 1. The van der Waals surface area contributed by atoms with Crippen molar-refractivity contribution in [3.8, 4) is 6.07 Å². The van der Waals surface area contributed by atoms with Crippen molar-refractivity contribution in [1.29, 1.82) is 5.26 Å². The van der Waals surface area contributed by atoms with Gasteiger partial charge in [-0.15, -0.1) is 0 Å². The van der Waals surface area contributed by atoms with Gasteiger partial charge in [-0.2, -0.15) is 17.0 Å². The lowest BCUT2D eigenvalue weighted by Gasteiger charge is -2.35. The second kappa shape index (κ2) is 6.14. The Bertz CT molecular complexity index is 283. The fourth-order valence-electron chi connectivity index (χ4n) is 3.38. The van der Waals surface area contributed by atoms with Gasteiger partial charge in [-0.25, -0.2) is 0 Å². The summed E-state index contributed by atoms with van der Waals surface area (Å²) in [6, 6.07) is 2.55. The van der Waals surface area contributed by atoms with Crippen molar-refractivity contribution >= 4 is 11.8 Å². The zero-order valence-corrected chi connectivity index (χ0v) is 12.0. The lowest BCUT2D eigenvalue weighted by atomic mass is 9.83. The lowest BCUT2D eigenvalue weighted by molar-refractivity contribution is 0.341. The van der Waals surface area contributed by atoms with E-state index in [0.717, 1.165) is 23.5 Å². The molecule has 5 unspecified atom stereocenters. The van der Waals surface area contributed by atoms with Crippen LogP contribution >= 0.6 is 11.8 Å². The van der Waals surface area contributed by atoms with E-state index in [-0.39, 0.29) is 0 Å². The number of hydrogen-bond donors (Lipinski definition) is 0. The first-order chi connectivity index (χ1) is 8.19. The van der Waals surface area contributed by atoms with Crippen molar-refractivity contribution in [2.75, 3.05) is 0 Å². The molecule has 0 aromatic carbocycles. The van der Waals surface area contributed by atoms with Gasteiger partial charge in [0.15, 0.2) is 0 Å². The Kier molecular flexibility index (Phi) is 4.79. The fraction of sp³-hybridized carbons (Fsp3) is 0.933. The van der Waals surface area contributed by atoms with Crippen LogP contribution in [0.25, 0.3) is 0 Å². The lowest BCUT2D eigenvalue weighted by Crippen LogP contribution is -2.28. The number of nitriles is 1. The molecular formula is C15H25NS. The van der Waals surface area contributed by atoms with Crippen LogP contribution in [-0.2, 0) is 0 Å². The highest BCUT2D eigenvalue weighted by atomic mass is 32.2. The summed E-state index contributed by atoms with van der Waals surface area (Å²) in [4.78, 5) is 0. The van der Waals surface area contributed by atoms with Crippen LogP contribution in [-0.4, -0.2) is 10.5 Å². The number of rotatable bonds is 2. The molecule has 0 N–H and O–H groups in total. The van der Waals surface area contributed by atoms with Gasteiger partial charge in [0.2, 0.25) is 0 Å². The number of nitrogens with zero attached hydrogens (tertiary/aromatic N) is 1. The van der Waals surface area contributed by atoms with Crippen LogP contribution in [0.3, 0.4) is 0 Å². The van der Waals surface area contributed by atoms with E-state index in [1.807, 2.05) is 0 Å². The molecule has 0 aliphatic heterocycles.